The van der Waals surface area contributed by atoms with Crippen LogP contribution in [0.15, 0.2) is 12.4 Å². The van der Waals surface area contributed by atoms with Crippen molar-refractivity contribution in [3.8, 4) is 11.4 Å². The molecule has 6 nitrogen and oxygen atoms in total. The molecule has 0 aliphatic carbocycles. The summed E-state index contributed by atoms with van der Waals surface area (Å²) in [6.07, 6.45) is 3.35. The van der Waals surface area contributed by atoms with E-state index in [0.717, 1.165) is 0 Å². The Labute approximate surface area is 91.3 Å². The van der Waals surface area contributed by atoms with Crippen molar-refractivity contribution in [1.29, 1.82) is 0 Å². The van der Waals surface area contributed by atoms with E-state index in [0.29, 0.717) is 11.4 Å². The maximum absolute atomic E-state index is 13.4. The maximum atomic E-state index is 13.4. The Morgan fingerprint density at radius 2 is 2.19 bits per heavy atom. The van der Waals surface area contributed by atoms with Crippen molar-refractivity contribution in [3.63, 3.8) is 0 Å². The van der Waals surface area contributed by atoms with Crippen molar-refractivity contribution < 1.29 is 4.39 Å². The third-order valence-corrected chi connectivity index (χ3v) is 2.12. The first kappa shape index (κ1) is 10.5. The zero-order chi connectivity index (χ0) is 11.7. The smallest absolute Gasteiger partial charge is 0.187 e. The summed E-state index contributed by atoms with van der Waals surface area (Å²) < 4.78 is 15.0. The predicted octanol–water partition coefficient (Wildman–Crippen LogP) is 0.610. The number of hydrazine groups is 1. The van der Waals surface area contributed by atoms with Crippen LogP contribution in [0.25, 0.3) is 11.4 Å². The lowest BCUT2D eigenvalue weighted by molar-refractivity contribution is 0.606. The first-order chi connectivity index (χ1) is 7.61. The number of rotatable bonds is 2. The molecule has 2 aromatic rings. The minimum atomic E-state index is -0.546. The first-order valence-corrected chi connectivity index (χ1v) is 4.61. The summed E-state index contributed by atoms with van der Waals surface area (Å²) in [6, 6.07) is 0. The third kappa shape index (κ3) is 1.72. The summed E-state index contributed by atoms with van der Waals surface area (Å²) in [7, 11) is 1.78. The Morgan fingerprint density at radius 3 is 2.75 bits per heavy atom. The van der Waals surface area contributed by atoms with Gasteiger partial charge < -0.3 is 5.43 Å². The molecule has 0 unspecified atom stereocenters. The summed E-state index contributed by atoms with van der Waals surface area (Å²) in [4.78, 5) is 7.99. The largest absolute Gasteiger partial charge is 0.306 e. The standard InChI is InChI=1S/C9H11FN6/c1-5-7(10)9(15-11)14-8(13-5)6-3-12-16(2)4-6/h3-4H,11H2,1-2H3,(H,13,14,15). The van der Waals surface area contributed by atoms with Crippen molar-refractivity contribution in [2.45, 2.75) is 6.92 Å². The predicted molar refractivity (Wildman–Crippen MR) is 56.7 cm³/mol. The number of nitrogen functional groups attached to an aromatic ring is 1. The number of aryl methyl sites for hydroxylation is 2. The minimum absolute atomic E-state index is 0.0219. The van der Waals surface area contributed by atoms with Crippen LogP contribution in [0, 0.1) is 12.7 Å². The zero-order valence-corrected chi connectivity index (χ0v) is 8.90. The van der Waals surface area contributed by atoms with Crippen molar-refractivity contribution >= 4 is 5.82 Å². The molecule has 0 saturated heterocycles. The second-order valence-corrected chi connectivity index (χ2v) is 3.34. The molecule has 0 aromatic carbocycles. The van der Waals surface area contributed by atoms with Gasteiger partial charge in [0.25, 0.3) is 0 Å². The van der Waals surface area contributed by atoms with Crippen LogP contribution in [0.2, 0.25) is 0 Å². The lowest BCUT2D eigenvalue weighted by Crippen LogP contribution is -2.12. The molecular weight excluding hydrogens is 211 g/mol. The molecule has 2 aromatic heterocycles. The fourth-order valence-corrected chi connectivity index (χ4v) is 1.32. The van der Waals surface area contributed by atoms with E-state index in [1.807, 2.05) is 0 Å². The van der Waals surface area contributed by atoms with Crippen molar-refractivity contribution in [2.75, 3.05) is 5.43 Å². The molecule has 16 heavy (non-hydrogen) atoms. The summed E-state index contributed by atoms with van der Waals surface area (Å²) in [5.74, 6) is 4.99. The van der Waals surface area contributed by atoms with E-state index in [-0.39, 0.29) is 11.5 Å². The van der Waals surface area contributed by atoms with Gasteiger partial charge in [0.05, 0.1) is 17.5 Å². The minimum Gasteiger partial charge on any atom is -0.306 e. The number of aromatic nitrogens is 4. The average molecular weight is 222 g/mol. The molecule has 0 radical (unpaired) electrons. The van der Waals surface area contributed by atoms with Crippen LogP contribution in [-0.2, 0) is 7.05 Å². The fraction of sp³-hybridized carbons (Fsp3) is 0.222. The van der Waals surface area contributed by atoms with E-state index in [4.69, 9.17) is 5.84 Å². The number of nitrogens with two attached hydrogens (primary N) is 1. The average Bonchev–Trinajstić information content (AvgIpc) is 2.69. The fourth-order valence-electron chi connectivity index (χ4n) is 1.32. The number of halogens is 1. The van der Waals surface area contributed by atoms with Gasteiger partial charge in [-0.05, 0) is 6.92 Å². The molecule has 3 N–H and O–H groups in total. The Kier molecular flexibility index (Phi) is 2.53. The van der Waals surface area contributed by atoms with Gasteiger partial charge >= 0.3 is 0 Å². The van der Waals surface area contributed by atoms with Crippen molar-refractivity contribution in [2.24, 2.45) is 12.9 Å². The molecule has 0 amide bonds. The van der Waals surface area contributed by atoms with Gasteiger partial charge in [0.1, 0.15) is 0 Å². The molecule has 2 rings (SSSR count). The Balaban J connectivity index is 2.54. The molecule has 84 valence electrons. The molecule has 7 heteroatoms. The highest BCUT2D eigenvalue weighted by Crippen LogP contribution is 2.19. The number of nitrogens with one attached hydrogen (secondary N) is 1. The van der Waals surface area contributed by atoms with Crippen LogP contribution < -0.4 is 11.3 Å². The second-order valence-electron chi connectivity index (χ2n) is 3.34. The van der Waals surface area contributed by atoms with E-state index >= 15 is 0 Å². The molecule has 0 bridgehead atoms. The highest BCUT2D eigenvalue weighted by Gasteiger charge is 2.12. The third-order valence-electron chi connectivity index (χ3n) is 2.12. The summed E-state index contributed by atoms with van der Waals surface area (Å²) in [5, 5.41) is 3.99. The molecule has 0 saturated carbocycles. The lowest BCUT2D eigenvalue weighted by Gasteiger charge is -2.05. The monoisotopic (exact) mass is 222 g/mol. The summed E-state index contributed by atoms with van der Waals surface area (Å²) in [6.45, 7) is 1.55. The Morgan fingerprint density at radius 1 is 1.44 bits per heavy atom. The summed E-state index contributed by atoms with van der Waals surface area (Å²) in [5.41, 5.74) is 3.15. The number of hydrogen-bond donors (Lipinski definition) is 2. The Hall–Kier alpha value is -2.02. The van der Waals surface area contributed by atoms with Gasteiger partial charge in [-0.2, -0.15) is 5.10 Å². The summed E-state index contributed by atoms with van der Waals surface area (Å²) >= 11 is 0. The van der Waals surface area contributed by atoms with Crippen LogP contribution >= 0.6 is 0 Å². The molecule has 0 aliphatic heterocycles. The van der Waals surface area contributed by atoms with E-state index in [1.54, 1.807) is 31.0 Å². The van der Waals surface area contributed by atoms with E-state index < -0.39 is 5.82 Å². The zero-order valence-electron chi connectivity index (χ0n) is 8.90. The highest BCUT2D eigenvalue weighted by atomic mass is 19.1. The van der Waals surface area contributed by atoms with E-state index in [2.05, 4.69) is 20.5 Å². The molecular formula is C9H11FN6. The number of hydrogen-bond acceptors (Lipinski definition) is 5. The van der Waals surface area contributed by atoms with E-state index in [1.165, 1.54) is 0 Å². The van der Waals surface area contributed by atoms with Crippen LogP contribution in [0.5, 0.6) is 0 Å². The Bertz CT molecular complexity index is 521. The first-order valence-electron chi connectivity index (χ1n) is 4.61. The van der Waals surface area contributed by atoms with Gasteiger partial charge in [-0.15, -0.1) is 0 Å². The molecule has 0 spiro atoms. The van der Waals surface area contributed by atoms with Crippen LogP contribution in [0.1, 0.15) is 5.69 Å². The van der Waals surface area contributed by atoms with Gasteiger partial charge in [-0.3, -0.25) is 4.68 Å². The van der Waals surface area contributed by atoms with Gasteiger partial charge in [0, 0.05) is 13.2 Å². The number of anilines is 1. The highest BCUT2D eigenvalue weighted by molar-refractivity contribution is 5.55. The maximum Gasteiger partial charge on any atom is 0.187 e. The van der Waals surface area contributed by atoms with Gasteiger partial charge in [0.15, 0.2) is 17.5 Å². The van der Waals surface area contributed by atoms with Gasteiger partial charge in [-0.1, -0.05) is 0 Å². The quantitative estimate of drug-likeness (QED) is 0.574. The second kappa shape index (κ2) is 3.86. The van der Waals surface area contributed by atoms with Crippen molar-refractivity contribution in [3.05, 3.63) is 23.9 Å². The van der Waals surface area contributed by atoms with E-state index in [9.17, 15) is 4.39 Å². The van der Waals surface area contributed by atoms with Gasteiger partial charge in [-0.25, -0.2) is 20.2 Å². The molecule has 0 atom stereocenters. The van der Waals surface area contributed by atoms with Gasteiger partial charge in [0.2, 0.25) is 0 Å². The lowest BCUT2D eigenvalue weighted by atomic mass is 10.3. The van der Waals surface area contributed by atoms with Crippen LogP contribution in [0.4, 0.5) is 10.2 Å². The van der Waals surface area contributed by atoms with Crippen molar-refractivity contribution in [1.82, 2.24) is 19.7 Å². The normalized spacial score (nSPS) is 10.5. The molecule has 0 aliphatic rings. The SMILES string of the molecule is Cc1nc(-c2cnn(C)c2)nc(NN)c1F. The number of nitrogens with zero attached hydrogens (tertiary/aromatic N) is 4. The van der Waals surface area contributed by atoms with Crippen LogP contribution in [0.3, 0.4) is 0 Å². The molecule has 0 fully saturated rings. The topological polar surface area (TPSA) is 81.7 Å². The van der Waals surface area contributed by atoms with Crippen LogP contribution in [-0.4, -0.2) is 19.7 Å². The molecule has 2 heterocycles.